The van der Waals surface area contributed by atoms with Crippen LogP contribution in [0, 0.1) is 5.82 Å². The quantitative estimate of drug-likeness (QED) is 0.329. The molecule has 2 N–H and O–H groups in total. The van der Waals surface area contributed by atoms with Crippen molar-refractivity contribution in [3.8, 4) is 0 Å². The summed E-state index contributed by atoms with van der Waals surface area (Å²) in [7, 11) is -3.35. The number of hydrogen-bond acceptors (Lipinski definition) is 3. The molecule has 0 aliphatic heterocycles. The summed E-state index contributed by atoms with van der Waals surface area (Å²) in [6.07, 6.45) is 0.513. The monoisotopic (exact) mass is 505 g/mol. The predicted molar refractivity (Wildman–Crippen MR) is 118 cm³/mol. The van der Waals surface area contributed by atoms with E-state index in [0.717, 1.165) is 0 Å². The summed E-state index contributed by atoms with van der Waals surface area (Å²) >= 11 is 0. The van der Waals surface area contributed by atoms with Gasteiger partial charge in [-0.05, 0) is 37.1 Å². The maximum absolute atomic E-state index is 13.6. The molecule has 2 aromatic rings. The number of nitrogens with one attached hydrogen (secondary N) is 2. The largest absolute Gasteiger partial charge is 0.357 e. The predicted octanol–water partition coefficient (Wildman–Crippen LogP) is 3.02. The van der Waals surface area contributed by atoms with E-state index in [1.54, 1.807) is 48.5 Å². The molecular formula is C19H25FIN3O2S. The SMILES string of the molecule is CCNC(=NCCS(=O)(=O)c1ccccc1)NCCc1ccccc1F.I. The van der Waals surface area contributed by atoms with E-state index >= 15 is 0 Å². The first-order valence-electron chi connectivity index (χ1n) is 8.56. The number of sulfone groups is 1. The highest BCUT2D eigenvalue weighted by Gasteiger charge is 2.13. The smallest absolute Gasteiger partial charge is 0.191 e. The maximum atomic E-state index is 13.6. The normalized spacial score (nSPS) is 11.6. The summed E-state index contributed by atoms with van der Waals surface area (Å²) in [6, 6.07) is 15.0. The molecule has 0 bridgehead atoms. The lowest BCUT2D eigenvalue weighted by molar-refractivity contribution is 0.595. The van der Waals surface area contributed by atoms with Crippen LogP contribution in [0.25, 0.3) is 0 Å². The Morgan fingerprint density at radius 3 is 2.37 bits per heavy atom. The Morgan fingerprint density at radius 1 is 1.04 bits per heavy atom. The Labute approximate surface area is 177 Å². The molecule has 0 spiro atoms. The summed E-state index contributed by atoms with van der Waals surface area (Å²) in [5.74, 6) is 0.221. The molecule has 0 saturated carbocycles. The number of halogens is 2. The first kappa shape index (κ1) is 23.4. The van der Waals surface area contributed by atoms with Crippen molar-refractivity contribution in [2.45, 2.75) is 18.2 Å². The van der Waals surface area contributed by atoms with Crippen molar-refractivity contribution in [2.24, 2.45) is 4.99 Å². The van der Waals surface area contributed by atoms with Crippen LogP contribution in [0.5, 0.6) is 0 Å². The third-order valence-electron chi connectivity index (χ3n) is 3.72. The molecule has 0 fully saturated rings. The van der Waals surface area contributed by atoms with E-state index in [4.69, 9.17) is 0 Å². The molecule has 0 aromatic heterocycles. The van der Waals surface area contributed by atoms with Crippen molar-refractivity contribution in [3.63, 3.8) is 0 Å². The van der Waals surface area contributed by atoms with E-state index in [1.165, 1.54) is 6.07 Å². The Bertz CT molecular complexity index is 830. The van der Waals surface area contributed by atoms with Crippen molar-refractivity contribution in [1.82, 2.24) is 10.6 Å². The fraction of sp³-hybridized carbons (Fsp3) is 0.316. The number of nitrogens with zero attached hydrogens (tertiary/aromatic N) is 1. The minimum Gasteiger partial charge on any atom is -0.357 e. The fourth-order valence-corrected chi connectivity index (χ4v) is 3.52. The minimum atomic E-state index is -3.35. The van der Waals surface area contributed by atoms with E-state index in [-0.39, 0.29) is 42.1 Å². The number of hydrogen-bond donors (Lipinski definition) is 2. The van der Waals surface area contributed by atoms with Crippen molar-refractivity contribution in [1.29, 1.82) is 0 Å². The first-order chi connectivity index (χ1) is 12.5. The van der Waals surface area contributed by atoms with E-state index < -0.39 is 9.84 Å². The summed E-state index contributed by atoms with van der Waals surface area (Å²) < 4.78 is 38.1. The zero-order valence-corrected chi connectivity index (χ0v) is 18.3. The van der Waals surface area contributed by atoms with Gasteiger partial charge in [0.05, 0.1) is 17.2 Å². The number of rotatable bonds is 8. The average molecular weight is 505 g/mol. The van der Waals surface area contributed by atoms with Gasteiger partial charge in [0.25, 0.3) is 0 Å². The topological polar surface area (TPSA) is 70.6 Å². The summed E-state index contributed by atoms with van der Waals surface area (Å²) in [5, 5.41) is 6.16. The molecule has 0 heterocycles. The van der Waals surface area contributed by atoms with Crippen LogP contribution < -0.4 is 10.6 Å². The Balaban J connectivity index is 0.00000364. The molecule has 148 valence electrons. The van der Waals surface area contributed by atoms with E-state index in [9.17, 15) is 12.8 Å². The fourth-order valence-electron chi connectivity index (χ4n) is 2.38. The van der Waals surface area contributed by atoms with Crippen molar-refractivity contribution >= 4 is 39.8 Å². The molecule has 27 heavy (non-hydrogen) atoms. The van der Waals surface area contributed by atoms with Gasteiger partial charge in [-0.2, -0.15) is 0 Å². The maximum Gasteiger partial charge on any atom is 0.191 e. The molecule has 0 aliphatic carbocycles. The van der Waals surface area contributed by atoms with E-state index in [0.29, 0.717) is 35.9 Å². The van der Waals surface area contributed by atoms with Gasteiger partial charge in [-0.25, -0.2) is 12.8 Å². The van der Waals surface area contributed by atoms with E-state index in [1.807, 2.05) is 6.92 Å². The van der Waals surface area contributed by atoms with Gasteiger partial charge < -0.3 is 10.6 Å². The molecule has 5 nitrogen and oxygen atoms in total. The molecular weight excluding hydrogens is 480 g/mol. The second kappa shape index (κ2) is 11.9. The molecule has 0 amide bonds. The van der Waals surface area contributed by atoms with Crippen LogP contribution in [-0.2, 0) is 16.3 Å². The highest BCUT2D eigenvalue weighted by molar-refractivity contribution is 14.0. The van der Waals surface area contributed by atoms with Gasteiger partial charge in [-0.3, -0.25) is 4.99 Å². The highest BCUT2D eigenvalue weighted by Crippen LogP contribution is 2.09. The molecule has 0 unspecified atom stereocenters. The zero-order chi connectivity index (χ0) is 18.8. The Kier molecular flexibility index (Phi) is 10.3. The van der Waals surface area contributed by atoms with Crippen LogP contribution in [-0.4, -0.2) is 39.8 Å². The standard InChI is InChI=1S/C19H24FN3O2S.HI/c1-2-21-19(22-13-12-16-8-6-7-11-18(16)20)23-14-15-26(24,25)17-9-4-3-5-10-17;/h3-11H,2,12-15H2,1H3,(H2,21,22,23);1H. The highest BCUT2D eigenvalue weighted by atomic mass is 127. The van der Waals surface area contributed by atoms with E-state index in [2.05, 4.69) is 15.6 Å². The second-order valence-electron chi connectivity index (χ2n) is 5.66. The zero-order valence-electron chi connectivity index (χ0n) is 15.2. The number of aliphatic imine (C=N–C) groups is 1. The lowest BCUT2D eigenvalue weighted by Gasteiger charge is -2.11. The Hall–Kier alpha value is -1.68. The van der Waals surface area contributed by atoms with Crippen molar-refractivity contribution < 1.29 is 12.8 Å². The number of benzene rings is 2. The van der Waals surface area contributed by atoms with Crippen molar-refractivity contribution in [3.05, 3.63) is 66.0 Å². The second-order valence-corrected chi connectivity index (χ2v) is 7.77. The van der Waals surface area contributed by atoms with Crippen LogP contribution >= 0.6 is 24.0 Å². The lowest BCUT2D eigenvalue weighted by Crippen LogP contribution is -2.38. The molecule has 0 saturated heterocycles. The lowest BCUT2D eigenvalue weighted by atomic mass is 10.1. The van der Waals surface area contributed by atoms with Crippen LogP contribution in [0.3, 0.4) is 0 Å². The average Bonchev–Trinajstić information content (AvgIpc) is 2.64. The van der Waals surface area contributed by atoms with Gasteiger partial charge in [-0.15, -0.1) is 24.0 Å². The molecule has 0 aliphatic rings. The first-order valence-corrected chi connectivity index (χ1v) is 10.2. The van der Waals surface area contributed by atoms with Crippen LogP contribution in [0.15, 0.2) is 64.5 Å². The van der Waals surface area contributed by atoms with Gasteiger partial charge in [-0.1, -0.05) is 36.4 Å². The Morgan fingerprint density at radius 2 is 1.70 bits per heavy atom. The van der Waals surface area contributed by atoms with Gasteiger partial charge in [0.1, 0.15) is 5.82 Å². The van der Waals surface area contributed by atoms with Gasteiger partial charge >= 0.3 is 0 Å². The van der Waals surface area contributed by atoms with Gasteiger partial charge in [0.15, 0.2) is 15.8 Å². The third-order valence-corrected chi connectivity index (χ3v) is 5.43. The summed E-state index contributed by atoms with van der Waals surface area (Å²) in [4.78, 5) is 4.60. The van der Waals surface area contributed by atoms with Crippen LogP contribution in [0.2, 0.25) is 0 Å². The summed E-state index contributed by atoms with van der Waals surface area (Å²) in [6.45, 7) is 3.22. The van der Waals surface area contributed by atoms with Crippen LogP contribution in [0.4, 0.5) is 4.39 Å². The summed E-state index contributed by atoms with van der Waals surface area (Å²) in [5.41, 5.74) is 0.627. The van der Waals surface area contributed by atoms with Gasteiger partial charge in [0.2, 0.25) is 0 Å². The molecule has 8 heteroatoms. The minimum absolute atomic E-state index is 0. The molecule has 2 rings (SSSR count). The molecule has 0 radical (unpaired) electrons. The number of guanidine groups is 1. The third kappa shape index (κ3) is 7.84. The van der Waals surface area contributed by atoms with Gasteiger partial charge in [0, 0.05) is 13.1 Å². The van der Waals surface area contributed by atoms with Crippen LogP contribution in [0.1, 0.15) is 12.5 Å². The molecule has 0 atom stereocenters. The van der Waals surface area contributed by atoms with Crippen molar-refractivity contribution in [2.75, 3.05) is 25.4 Å². The molecule has 2 aromatic carbocycles.